The fourth-order valence-electron chi connectivity index (χ4n) is 2.77. The van der Waals surface area contributed by atoms with E-state index < -0.39 is 0 Å². The zero-order valence-corrected chi connectivity index (χ0v) is 12.9. The average Bonchev–Trinajstić information content (AvgIpc) is 3.19. The molecule has 0 unspecified atom stereocenters. The maximum Gasteiger partial charge on any atom is 0.176 e. The lowest BCUT2D eigenvalue weighted by Crippen LogP contribution is -3.10. The van der Waals surface area contributed by atoms with Crippen molar-refractivity contribution >= 4 is 22.1 Å². The van der Waals surface area contributed by atoms with Gasteiger partial charge in [0.25, 0.3) is 0 Å². The van der Waals surface area contributed by atoms with Gasteiger partial charge < -0.3 is 0 Å². The zero-order chi connectivity index (χ0) is 15.6. The highest BCUT2D eigenvalue weighted by molar-refractivity contribution is 5.74. The molecule has 0 aliphatic carbocycles. The fourth-order valence-corrected chi connectivity index (χ4v) is 2.77. The normalized spacial score (nSPS) is 11.7. The third-order valence-corrected chi connectivity index (χ3v) is 4.09. The molecule has 0 amide bonds. The average molecular weight is 308 g/mol. The monoisotopic (exact) mass is 308 g/mol. The fraction of sp³-hybridized carbons (Fsp3) is 0.250. The molecule has 7 nitrogen and oxygen atoms in total. The van der Waals surface area contributed by atoms with Crippen LogP contribution in [0.25, 0.3) is 22.1 Å². The molecule has 0 bridgehead atoms. The number of aromatic nitrogens is 6. The minimum atomic E-state index is 0.741. The minimum Gasteiger partial charge on any atom is -0.298 e. The Labute approximate surface area is 133 Å². The zero-order valence-electron chi connectivity index (χ0n) is 12.9. The van der Waals surface area contributed by atoms with E-state index in [1.807, 2.05) is 57.9 Å². The van der Waals surface area contributed by atoms with Crippen molar-refractivity contribution in [2.24, 2.45) is 0 Å². The number of quaternary nitrogens is 1. The molecule has 0 radical (unpaired) electrons. The van der Waals surface area contributed by atoms with Crippen molar-refractivity contribution in [1.29, 1.82) is 0 Å². The summed E-state index contributed by atoms with van der Waals surface area (Å²) >= 11 is 0. The van der Waals surface area contributed by atoms with Crippen LogP contribution in [0, 0.1) is 0 Å². The van der Waals surface area contributed by atoms with E-state index in [2.05, 4.69) is 27.5 Å². The molecular formula is C16H18N7+. The first kappa shape index (κ1) is 13.8. The number of rotatable bonds is 5. The van der Waals surface area contributed by atoms with Crippen LogP contribution in [0.5, 0.6) is 0 Å². The molecule has 0 aliphatic heterocycles. The van der Waals surface area contributed by atoms with Crippen LogP contribution in [0.3, 0.4) is 0 Å². The maximum absolute atomic E-state index is 4.28. The van der Waals surface area contributed by atoms with Crippen molar-refractivity contribution < 1.29 is 4.90 Å². The van der Waals surface area contributed by atoms with Gasteiger partial charge >= 0.3 is 0 Å². The molecule has 0 saturated heterocycles. The Hall–Kier alpha value is -2.80. The standard InChI is InChI=1S/C16H17N7/c1-2-21(11-22-15-9-5-3-7-13(15)17-19-22)12-23-16-10-6-4-8-14(16)18-20-23/h3-10H,2,11-12H2,1H3/p+1. The van der Waals surface area contributed by atoms with Crippen molar-refractivity contribution in [3.63, 3.8) is 0 Å². The first-order valence-electron chi connectivity index (χ1n) is 7.75. The number of benzene rings is 2. The van der Waals surface area contributed by atoms with Crippen LogP contribution in [-0.4, -0.2) is 36.5 Å². The predicted molar refractivity (Wildman–Crippen MR) is 86.6 cm³/mol. The molecule has 23 heavy (non-hydrogen) atoms. The molecule has 0 atom stereocenters. The van der Waals surface area contributed by atoms with E-state index in [1.54, 1.807) is 0 Å². The van der Waals surface area contributed by atoms with Gasteiger partial charge in [0.05, 0.1) is 17.6 Å². The van der Waals surface area contributed by atoms with Gasteiger partial charge in [-0.1, -0.05) is 34.7 Å². The SMILES string of the molecule is CC[NH+](Cn1nnc2ccccc21)Cn1nnc2ccccc21. The predicted octanol–water partition coefficient (Wildman–Crippen LogP) is 0.696. The van der Waals surface area contributed by atoms with Crippen molar-refractivity contribution in [2.45, 2.75) is 20.3 Å². The smallest absolute Gasteiger partial charge is 0.176 e. The Morgan fingerprint density at radius 1 is 0.783 bits per heavy atom. The summed E-state index contributed by atoms with van der Waals surface area (Å²) in [5.74, 6) is 0. The number of para-hydroxylation sites is 2. The van der Waals surface area contributed by atoms with Crippen molar-refractivity contribution in [3.05, 3.63) is 48.5 Å². The Morgan fingerprint density at radius 3 is 1.74 bits per heavy atom. The third kappa shape index (κ3) is 2.55. The van der Waals surface area contributed by atoms with E-state index in [0.717, 1.165) is 41.9 Å². The van der Waals surface area contributed by atoms with Crippen LogP contribution in [0.4, 0.5) is 0 Å². The Morgan fingerprint density at radius 2 is 1.26 bits per heavy atom. The Kier molecular flexibility index (Phi) is 3.47. The quantitative estimate of drug-likeness (QED) is 0.589. The van der Waals surface area contributed by atoms with Gasteiger partial charge in [0.2, 0.25) is 0 Å². The second-order valence-corrected chi connectivity index (χ2v) is 5.58. The molecule has 2 heterocycles. The summed E-state index contributed by atoms with van der Waals surface area (Å²) in [5, 5.41) is 17.0. The summed E-state index contributed by atoms with van der Waals surface area (Å²) in [6.45, 7) is 4.60. The molecule has 116 valence electrons. The van der Waals surface area contributed by atoms with Crippen molar-refractivity contribution in [3.8, 4) is 0 Å². The summed E-state index contributed by atoms with van der Waals surface area (Å²) in [7, 11) is 0. The lowest BCUT2D eigenvalue weighted by atomic mass is 10.3. The number of nitrogens with one attached hydrogen (secondary N) is 1. The molecule has 1 N–H and O–H groups in total. The van der Waals surface area contributed by atoms with Gasteiger partial charge in [-0.3, -0.25) is 4.90 Å². The van der Waals surface area contributed by atoms with E-state index in [1.165, 1.54) is 4.90 Å². The van der Waals surface area contributed by atoms with Gasteiger partial charge in [-0.2, -0.15) is 9.36 Å². The van der Waals surface area contributed by atoms with E-state index in [4.69, 9.17) is 0 Å². The van der Waals surface area contributed by atoms with Gasteiger partial charge in [-0.15, -0.1) is 10.2 Å². The van der Waals surface area contributed by atoms with Gasteiger partial charge in [0.15, 0.2) is 13.3 Å². The van der Waals surface area contributed by atoms with Crippen molar-refractivity contribution in [2.75, 3.05) is 6.54 Å². The molecule has 4 aromatic rings. The van der Waals surface area contributed by atoms with Crippen LogP contribution in [-0.2, 0) is 13.3 Å². The van der Waals surface area contributed by atoms with Crippen LogP contribution in [0.1, 0.15) is 6.92 Å². The van der Waals surface area contributed by atoms with E-state index in [-0.39, 0.29) is 0 Å². The highest BCUT2D eigenvalue weighted by Crippen LogP contribution is 2.09. The number of fused-ring (bicyclic) bond motifs is 2. The number of hydrogen-bond donors (Lipinski definition) is 1. The molecule has 0 fully saturated rings. The summed E-state index contributed by atoms with van der Waals surface area (Å²) in [4.78, 5) is 1.33. The second kappa shape index (κ2) is 5.77. The van der Waals surface area contributed by atoms with E-state index >= 15 is 0 Å². The summed E-state index contributed by atoms with van der Waals surface area (Å²) < 4.78 is 3.90. The molecular weight excluding hydrogens is 290 g/mol. The molecule has 0 aliphatic rings. The van der Waals surface area contributed by atoms with Crippen LogP contribution < -0.4 is 4.90 Å². The highest BCUT2D eigenvalue weighted by atomic mass is 15.5. The number of hydrogen-bond acceptors (Lipinski definition) is 4. The number of nitrogens with zero attached hydrogens (tertiary/aromatic N) is 6. The van der Waals surface area contributed by atoms with Crippen molar-refractivity contribution in [1.82, 2.24) is 30.0 Å². The lowest BCUT2D eigenvalue weighted by molar-refractivity contribution is -0.944. The largest absolute Gasteiger partial charge is 0.298 e. The van der Waals surface area contributed by atoms with E-state index in [0.29, 0.717) is 0 Å². The van der Waals surface area contributed by atoms with Gasteiger partial charge in [-0.25, -0.2) is 0 Å². The summed E-state index contributed by atoms with van der Waals surface area (Å²) in [6.07, 6.45) is 0. The molecule has 4 rings (SSSR count). The Balaban J connectivity index is 1.59. The van der Waals surface area contributed by atoms with Gasteiger partial charge in [0.1, 0.15) is 11.0 Å². The minimum absolute atomic E-state index is 0.741. The second-order valence-electron chi connectivity index (χ2n) is 5.58. The highest BCUT2D eigenvalue weighted by Gasteiger charge is 2.14. The molecule has 2 aromatic heterocycles. The first-order chi connectivity index (χ1) is 11.3. The summed E-state index contributed by atoms with van der Waals surface area (Å²) in [6, 6.07) is 16.0. The van der Waals surface area contributed by atoms with Gasteiger partial charge in [-0.05, 0) is 31.2 Å². The molecule has 2 aromatic carbocycles. The molecule has 7 heteroatoms. The maximum atomic E-state index is 4.28. The first-order valence-corrected chi connectivity index (χ1v) is 7.75. The van der Waals surface area contributed by atoms with Gasteiger partial charge in [0, 0.05) is 0 Å². The van der Waals surface area contributed by atoms with Crippen LogP contribution in [0.2, 0.25) is 0 Å². The lowest BCUT2D eigenvalue weighted by Gasteiger charge is -2.17. The molecule has 0 spiro atoms. The topological polar surface area (TPSA) is 65.9 Å². The van der Waals surface area contributed by atoms with Crippen LogP contribution >= 0.6 is 0 Å². The van der Waals surface area contributed by atoms with Crippen LogP contribution in [0.15, 0.2) is 48.5 Å². The van der Waals surface area contributed by atoms with E-state index in [9.17, 15) is 0 Å². The summed E-state index contributed by atoms with van der Waals surface area (Å²) in [5.41, 5.74) is 3.96. The Bertz CT molecular complexity index is 864. The molecule has 0 saturated carbocycles. The third-order valence-electron chi connectivity index (χ3n) is 4.09.